The topological polar surface area (TPSA) is 70.8 Å². The Bertz CT molecular complexity index is 725. The predicted molar refractivity (Wildman–Crippen MR) is 79.1 cm³/mol. The van der Waals surface area contributed by atoms with Crippen molar-refractivity contribution in [1.29, 1.82) is 0 Å². The van der Waals surface area contributed by atoms with Gasteiger partial charge in [0.25, 0.3) is 5.91 Å². The van der Waals surface area contributed by atoms with Crippen LogP contribution in [0.15, 0.2) is 45.5 Å². The van der Waals surface area contributed by atoms with Gasteiger partial charge in [-0.25, -0.2) is 0 Å². The minimum atomic E-state index is -1.86. The van der Waals surface area contributed by atoms with Crippen molar-refractivity contribution < 1.29 is 19.1 Å². The molecule has 0 aliphatic carbocycles. The number of halogens is 1. The third-order valence-electron chi connectivity index (χ3n) is 3.64. The molecule has 0 fully saturated rings. The van der Waals surface area contributed by atoms with Gasteiger partial charge in [-0.2, -0.15) is 0 Å². The quantitative estimate of drug-likeness (QED) is 0.864. The summed E-state index contributed by atoms with van der Waals surface area (Å²) in [5.74, 6) is -0.810. The summed E-state index contributed by atoms with van der Waals surface area (Å²) < 4.78 is 5.76. The van der Waals surface area contributed by atoms with Gasteiger partial charge in [-0.05, 0) is 30.3 Å². The minimum Gasteiger partial charge on any atom is -0.461 e. The molecule has 0 bridgehead atoms. The summed E-state index contributed by atoms with van der Waals surface area (Å²) in [5, 5.41) is 10.8. The number of rotatable bonds is 3. The highest BCUT2D eigenvalue weighted by atomic mass is 79.9. The van der Waals surface area contributed by atoms with Gasteiger partial charge in [0.05, 0.1) is 18.4 Å². The van der Waals surface area contributed by atoms with E-state index in [4.69, 9.17) is 4.42 Å². The van der Waals surface area contributed by atoms with Gasteiger partial charge in [-0.15, -0.1) is 0 Å². The Morgan fingerprint density at radius 3 is 2.86 bits per heavy atom. The second kappa shape index (κ2) is 4.82. The van der Waals surface area contributed by atoms with E-state index in [-0.39, 0.29) is 12.2 Å². The number of likely N-dealkylation sites (N-methyl/N-ethyl adjacent to an activating group) is 1. The number of fused-ring (bicyclic) bond motifs is 1. The van der Waals surface area contributed by atoms with E-state index in [0.29, 0.717) is 11.3 Å². The fraction of sp³-hybridized carbons (Fsp3) is 0.200. The molecular weight excluding hydrogens is 338 g/mol. The van der Waals surface area contributed by atoms with Crippen LogP contribution in [0, 0.1) is 0 Å². The molecule has 1 aromatic heterocycles. The number of aliphatic hydroxyl groups is 1. The molecule has 1 aromatic carbocycles. The third-order valence-corrected chi connectivity index (χ3v) is 4.13. The van der Waals surface area contributed by atoms with Gasteiger partial charge in [0, 0.05) is 17.1 Å². The van der Waals surface area contributed by atoms with Gasteiger partial charge < -0.3 is 14.4 Å². The second-order valence-corrected chi connectivity index (χ2v) is 5.88. The Hall–Kier alpha value is -1.92. The van der Waals surface area contributed by atoms with Crippen LogP contribution in [0.3, 0.4) is 0 Å². The Morgan fingerprint density at radius 2 is 2.19 bits per heavy atom. The number of ketones is 1. The largest absolute Gasteiger partial charge is 0.461 e. The molecule has 1 aliphatic heterocycles. The van der Waals surface area contributed by atoms with Gasteiger partial charge >= 0.3 is 0 Å². The fourth-order valence-corrected chi connectivity index (χ4v) is 2.92. The van der Waals surface area contributed by atoms with Gasteiger partial charge in [0.15, 0.2) is 11.4 Å². The number of carbonyl (C=O) groups excluding carboxylic acids is 2. The molecule has 2 aromatic rings. The van der Waals surface area contributed by atoms with Gasteiger partial charge in [0.1, 0.15) is 0 Å². The van der Waals surface area contributed by atoms with Crippen LogP contribution < -0.4 is 4.90 Å². The first-order valence-electron chi connectivity index (χ1n) is 6.31. The molecule has 2 heterocycles. The lowest BCUT2D eigenvalue weighted by molar-refractivity contribution is -0.135. The predicted octanol–water partition coefficient (Wildman–Crippen LogP) is 2.48. The SMILES string of the molecule is CN1C(=O)[C@](O)(CC(=O)c2ccco2)c2cc(Br)ccc21. The molecule has 1 N–H and O–H groups in total. The van der Waals surface area contributed by atoms with Gasteiger partial charge in [-0.1, -0.05) is 15.9 Å². The number of Topliss-reactive ketones (excluding diaryl/α,β-unsaturated/α-hetero) is 1. The summed E-state index contributed by atoms with van der Waals surface area (Å²) in [6.07, 6.45) is 1.03. The van der Waals surface area contributed by atoms with Gasteiger partial charge in [0.2, 0.25) is 5.78 Å². The van der Waals surface area contributed by atoms with Crippen LogP contribution in [0.2, 0.25) is 0 Å². The van der Waals surface area contributed by atoms with Crippen molar-refractivity contribution in [2.75, 3.05) is 11.9 Å². The van der Waals surface area contributed by atoms with E-state index in [2.05, 4.69) is 15.9 Å². The van der Waals surface area contributed by atoms with Crippen molar-refractivity contribution in [2.24, 2.45) is 0 Å². The normalized spacial score (nSPS) is 20.7. The fourth-order valence-electron chi connectivity index (χ4n) is 2.56. The molecular formula is C15H12BrNO4. The van der Waals surface area contributed by atoms with E-state index >= 15 is 0 Å². The number of anilines is 1. The second-order valence-electron chi connectivity index (χ2n) is 4.96. The summed E-state index contributed by atoms with van der Waals surface area (Å²) >= 11 is 3.32. The highest BCUT2D eigenvalue weighted by Crippen LogP contribution is 2.43. The first-order chi connectivity index (χ1) is 9.93. The standard InChI is InChI=1S/C15H12BrNO4/c1-17-11-5-4-9(16)7-10(11)15(20,14(17)19)8-12(18)13-3-2-6-21-13/h2-7,20H,8H2,1H3/t15-/m0/s1. The molecule has 5 nitrogen and oxygen atoms in total. The zero-order valence-corrected chi connectivity index (χ0v) is 12.8. The van der Waals surface area contributed by atoms with E-state index in [0.717, 1.165) is 4.47 Å². The Morgan fingerprint density at radius 1 is 1.43 bits per heavy atom. The molecule has 0 radical (unpaired) electrons. The van der Waals surface area contributed by atoms with Crippen molar-refractivity contribution >= 4 is 33.3 Å². The first kappa shape index (κ1) is 14.0. The van der Waals surface area contributed by atoms with Crippen molar-refractivity contribution in [2.45, 2.75) is 12.0 Å². The lowest BCUT2D eigenvalue weighted by atomic mass is 9.89. The molecule has 0 saturated carbocycles. The van der Waals surface area contributed by atoms with Crippen molar-refractivity contribution in [1.82, 2.24) is 0 Å². The highest BCUT2D eigenvalue weighted by Gasteiger charge is 2.50. The molecule has 108 valence electrons. The lowest BCUT2D eigenvalue weighted by Crippen LogP contribution is -2.40. The Kier molecular flexibility index (Phi) is 3.22. The molecule has 3 rings (SSSR count). The minimum absolute atomic E-state index is 0.127. The first-order valence-corrected chi connectivity index (χ1v) is 7.10. The number of hydrogen-bond acceptors (Lipinski definition) is 4. The van der Waals surface area contributed by atoms with Crippen LogP contribution in [0.4, 0.5) is 5.69 Å². The van der Waals surface area contributed by atoms with Crippen molar-refractivity contribution in [3.05, 3.63) is 52.4 Å². The summed E-state index contributed by atoms with van der Waals surface area (Å²) in [7, 11) is 1.57. The van der Waals surface area contributed by atoms with Gasteiger partial charge in [-0.3, -0.25) is 9.59 Å². The van der Waals surface area contributed by atoms with E-state index in [9.17, 15) is 14.7 Å². The zero-order valence-electron chi connectivity index (χ0n) is 11.2. The maximum absolute atomic E-state index is 12.4. The third kappa shape index (κ3) is 2.11. The smallest absolute Gasteiger partial charge is 0.263 e. The molecule has 1 amide bonds. The lowest BCUT2D eigenvalue weighted by Gasteiger charge is -2.20. The van der Waals surface area contributed by atoms with E-state index < -0.39 is 17.3 Å². The van der Waals surface area contributed by atoms with Crippen LogP contribution in [-0.4, -0.2) is 23.8 Å². The number of carbonyl (C=O) groups is 2. The van der Waals surface area contributed by atoms with E-state index in [1.807, 2.05) is 0 Å². The summed E-state index contributed by atoms with van der Waals surface area (Å²) in [6.45, 7) is 0. The number of benzene rings is 1. The maximum Gasteiger partial charge on any atom is 0.263 e. The average Bonchev–Trinajstić information content (AvgIpc) is 3.04. The zero-order chi connectivity index (χ0) is 15.2. The molecule has 1 atom stereocenters. The number of hydrogen-bond donors (Lipinski definition) is 1. The van der Waals surface area contributed by atoms with Crippen LogP contribution in [0.1, 0.15) is 22.5 Å². The summed E-state index contributed by atoms with van der Waals surface area (Å²) in [4.78, 5) is 25.9. The van der Waals surface area contributed by atoms with E-state index in [1.165, 1.54) is 17.2 Å². The van der Waals surface area contributed by atoms with Crippen LogP contribution >= 0.6 is 15.9 Å². The van der Waals surface area contributed by atoms with Crippen LogP contribution in [-0.2, 0) is 10.4 Å². The Balaban J connectivity index is 2.03. The molecule has 0 saturated heterocycles. The molecule has 1 aliphatic rings. The van der Waals surface area contributed by atoms with Crippen LogP contribution in [0.5, 0.6) is 0 Å². The van der Waals surface area contributed by atoms with E-state index in [1.54, 1.807) is 31.3 Å². The highest BCUT2D eigenvalue weighted by molar-refractivity contribution is 9.10. The summed E-state index contributed by atoms with van der Waals surface area (Å²) in [6, 6.07) is 8.27. The number of furan rings is 1. The molecule has 0 spiro atoms. The monoisotopic (exact) mass is 349 g/mol. The summed E-state index contributed by atoms with van der Waals surface area (Å²) in [5.41, 5.74) is -0.847. The van der Waals surface area contributed by atoms with Crippen LogP contribution in [0.25, 0.3) is 0 Å². The molecule has 6 heteroatoms. The number of amides is 1. The van der Waals surface area contributed by atoms with Crippen molar-refractivity contribution in [3.8, 4) is 0 Å². The Labute approximate surface area is 129 Å². The van der Waals surface area contributed by atoms with Crippen molar-refractivity contribution in [3.63, 3.8) is 0 Å². The number of nitrogens with zero attached hydrogens (tertiary/aromatic N) is 1. The molecule has 0 unspecified atom stereocenters. The molecule has 21 heavy (non-hydrogen) atoms. The average molecular weight is 350 g/mol. The maximum atomic E-state index is 12.4.